The number of aliphatic hydroxyl groups is 1. The molecule has 0 radical (unpaired) electrons. The van der Waals surface area contributed by atoms with Gasteiger partial charge in [-0.05, 0) is 12.8 Å². The Balaban J connectivity index is 2.78. The summed E-state index contributed by atoms with van der Waals surface area (Å²) in [5, 5.41) is 16.5. The van der Waals surface area contributed by atoms with E-state index in [2.05, 4.69) is 10.3 Å². The maximum absolute atomic E-state index is 11.8. The molecule has 1 rings (SSSR count). The fourth-order valence-electron chi connectivity index (χ4n) is 1.72. The number of ether oxygens (including phenoxy) is 2. The van der Waals surface area contributed by atoms with Crippen molar-refractivity contribution in [2.45, 2.75) is 33.2 Å². The predicted molar refractivity (Wildman–Crippen MR) is 68.0 cm³/mol. The van der Waals surface area contributed by atoms with Crippen molar-refractivity contribution < 1.29 is 19.4 Å². The van der Waals surface area contributed by atoms with Crippen LogP contribution in [-0.2, 0) is 16.0 Å². The number of carbonyl (C=O) groups is 1. The first-order chi connectivity index (χ1) is 9.11. The van der Waals surface area contributed by atoms with Gasteiger partial charge >= 0.3 is 5.97 Å². The van der Waals surface area contributed by atoms with E-state index in [0.717, 1.165) is 5.69 Å². The fraction of sp³-hybridized carbons (Fsp3) is 0.750. The number of hydrogen-bond acceptors (Lipinski definition) is 6. The minimum absolute atomic E-state index is 0.0114. The zero-order valence-electron chi connectivity index (χ0n) is 11.6. The van der Waals surface area contributed by atoms with Crippen LogP contribution in [0.5, 0.6) is 0 Å². The lowest BCUT2D eigenvalue weighted by Gasteiger charge is -2.10. The molecule has 1 heterocycles. The van der Waals surface area contributed by atoms with Crippen LogP contribution in [0.15, 0.2) is 0 Å². The number of aromatic nitrogens is 3. The molecule has 0 aliphatic carbocycles. The third-order valence-corrected chi connectivity index (χ3v) is 2.47. The second-order valence-corrected chi connectivity index (χ2v) is 4.26. The molecule has 0 saturated carbocycles. The molecule has 0 amide bonds. The number of esters is 1. The lowest BCUT2D eigenvalue weighted by molar-refractivity contribution is 0.0517. The van der Waals surface area contributed by atoms with Crippen molar-refractivity contribution in [3.05, 3.63) is 11.4 Å². The van der Waals surface area contributed by atoms with Crippen LogP contribution >= 0.6 is 0 Å². The molecule has 7 nitrogen and oxygen atoms in total. The highest BCUT2D eigenvalue weighted by atomic mass is 16.5. The number of carbonyl (C=O) groups excluding carboxylic acids is 1. The first-order valence-electron chi connectivity index (χ1n) is 6.40. The average molecular weight is 271 g/mol. The van der Waals surface area contributed by atoms with Crippen molar-refractivity contribution in [3.63, 3.8) is 0 Å². The standard InChI is InChI=1S/C12H21N3O4/c1-4-19-12(17)10-11(9(2)3)15(14-13-10)5-7-18-8-6-16/h9,16H,4-8H2,1-3H3. The molecule has 0 unspecified atom stereocenters. The van der Waals surface area contributed by atoms with E-state index in [1.54, 1.807) is 11.6 Å². The Kier molecular flexibility index (Phi) is 6.44. The van der Waals surface area contributed by atoms with Crippen molar-refractivity contribution in [2.24, 2.45) is 0 Å². The van der Waals surface area contributed by atoms with Crippen LogP contribution in [0.2, 0.25) is 0 Å². The molecular formula is C12H21N3O4. The van der Waals surface area contributed by atoms with E-state index < -0.39 is 5.97 Å². The monoisotopic (exact) mass is 271 g/mol. The summed E-state index contributed by atoms with van der Waals surface area (Å²) in [6, 6.07) is 0. The molecule has 0 aromatic carbocycles. The van der Waals surface area contributed by atoms with Crippen molar-refractivity contribution in [3.8, 4) is 0 Å². The number of nitrogens with zero attached hydrogens (tertiary/aromatic N) is 3. The van der Waals surface area contributed by atoms with Gasteiger partial charge in [0.1, 0.15) is 0 Å². The minimum atomic E-state index is -0.450. The average Bonchev–Trinajstić information content (AvgIpc) is 2.79. The van der Waals surface area contributed by atoms with Crippen LogP contribution in [0.3, 0.4) is 0 Å². The lowest BCUT2D eigenvalue weighted by atomic mass is 10.1. The summed E-state index contributed by atoms with van der Waals surface area (Å²) in [5.41, 5.74) is 1.00. The third kappa shape index (κ3) is 4.29. The molecule has 1 N–H and O–H groups in total. The Morgan fingerprint density at radius 1 is 1.42 bits per heavy atom. The fourth-order valence-corrected chi connectivity index (χ4v) is 1.72. The normalized spacial score (nSPS) is 11.0. The second kappa shape index (κ2) is 7.85. The van der Waals surface area contributed by atoms with E-state index in [-0.39, 0.29) is 24.8 Å². The van der Waals surface area contributed by atoms with Gasteiger partial charge in [-0.1, -0.05) is 19.1 Å². The molecule has 0 aliphatic heterocycles. The first-order valence-corrected chi connectivity index (χ1v) is 6.40. The molecule has 19 heavy (non-hydrogen) atoms. The van der Waals surface area contributed by atoms with Gasteiger partial charge in [0.2, 0.25) is 0 Å². The van der Waals surface area contributed by atoms with E-state index in [1.807, 2.05) is 13.8 Å². The molecule has 7 heteroatoms. The van der Waals surface area contributed by atoms with E-state index >= 15 is 0 Å². The van der Waals surface area contributed by atoms with Gasteiger partial charge in [-0.3, -0.25) is 0 Å². The number of hydrogen-bond donors (Lipinski definition) is 1. The minimum Gasteiger partial charge on any atom is -0.461 e. The van der Waals surface area contributed by atoms with Gasteiger partial charge in [0.05, 0.1) is 38.7 Å². The lowest BCUT2D eigenvalue weighted by Crippen LogP contribution is -2.15. The van der Waals surface area contributed by atoms with Crippen LogP contribution in [0.4, 0.5) is 0 Å². The summed E-state index contributed by atoms with van der Waals surface area (Å²) >= 11 is 0. The van der Waals surface area contributed by atoms with E-state index in [9.17, 15) is 4.79 Å². The Hall–Kier alpha value is -1.47. The van der Waals surface area contributed by atoms with Gasteiger partial charge in [0.15, 0.2) is 5.69 Å². The van der Waals surface area contributed by atoms with Crippen LogP contribution < -0.4 is 0 Å². The van der Waals surface area contributed by atoms with Crippen molar-refractivity contribution in [1.82, 2.24) is 15.0 Å². The van der Waals surface area contributed by atoms with Crippen molar-refractivity contribution in [1.29, 1.82) is 0 Å². The topological polar surface area (TPSA) is 86.5 Å². The predicted octanol–water partition coefficient (Wildman–Crippen LogP) is 0.587. The van der Waals surface area contributed by atoms with Crippen LogP contribution in [-0.4, -0.2) is 52.5 Å². The maximum Gasteiger partial charge on any atom is 0.360 e. The third-order valence-electron chi connectivity index (χ3n) is 2.47. The first kappa shape index (κ1) is 15.6. The molecule has 0 saturated heterocycles. The van der Waals surface area contributed by atoms with Gasteiger partial charge in [0.25, 0.3) is 0 Å². The van der Waals surface area contributed by atoms with E-state index in [1.165, 1.54) is 0 Å². The highest BCUT2D eigenvalue weighted by Crippen LogP contribution is 2.18. The molecule has 0 spiro atoms. The van der Waals surface area contributed by atoms with Crippen LogP contribution in [0.1, 0.15) is 42.9 Å². The summed E-state index contributed by atoms with van der Waals surface area (Å²) in [6.45, 7) is 7.16. The molecule has 1 aromatic rings. The van der Waals surface area contributed by atoms with Gasteiger partial charge in [-0.2, -0.15) is 0 Å². The van der Waals surface area contributed by atoms with E-state index in [0.29, 0.717) is 19.8 Å². The van der Waals surface area contributed by atoms with Crippen molar-refractivity contribution in [2.75, 3.05) is 26.4 Å². The highest BCUT2D eigenvalue weighted by molar-refractivity contribution is 5.88. The van der Waals surface area contributed by atoms with Crippen LogP contribution in [0, 0.1) is 0 Å². The second-order valence-electron chi connectivity index (χ2n) is 4.26. The Bertz CT molecular complexity index is 404. The van der Waals surface area contributed by atoms with E-state index in [4.69, 9.17) is 14.6 Å². The molecule has 1 aromatic heterocycles. The molecule has 0 atom stereocenters. The zero-order chi connectivity index (χ0) is 14.3. The quantitative estimate of drug-likeness (QED) is 0.550. The Labute approximate surface area is 112 Å². The number of aliphatic hydroxyl groups excluding tert-OH is 1. The summed E-state index contributed by atoms with van der Waals surface area (Å²) < 4.78 is 11.8. The zero-order valence-corrected chi connectivity index (χ0v) is 11.6. The smallest absolute Gasteiger partial charge is 0.360 e. The molecule has 108 valence electrons. The summed E-state index contributed by atoms with van der Waals surface area (Å²) in [6.07, 6.45) is 0. The molecule has 0 fully saturated rings. The molecule has 0 bridgehead atoms. The van der Waals surface area contributed by atoms with Crippen LogP contribution in [0.25, 0.3) is 0 Å². The molecular weight excluding hydrogens is 250 g/mol. The number of rotatable bonds is 8. The Morgan fingerprint density at radius 2 is 2.16 bits per heavy atom. The van der Waals surface area contributed by atoms with Gasteiger partial charge < -0.3 is 14.6 Å². The molecule has 0 aliphatic rings. The largest absolute Gasteiger partial charge is 0.461 e. The van der Waals surface area contributed by atoms with Crippen molar-refractivity contribution >= 4 is 5.97 Å². The van der Waals surface area contributed by atoms with Gasteiger partial charge in [-0.15, -0.1) is 5.10 Å². The Morgan fingerprint density at radius 3 is 2.74 bits per heavy atom. The summed E-state index contributed by atoms with van der Waals surface area (Å²) in [4.78, 5) is 11.8. The maximum atomic E-state index is 11.8. The summed E-state index contributed by atoms with van der Waals surface area (Å²) in [7, 11) is 0. The summed E-state index contributed by atoms with van der Waals surface area (Å²) in [5.74, 6) is -0.346. The van der Waals surface area contributed by atoms with Gasteiger partial charge in [-0.25, -0.2) is 9.48 Å². The SMILES string of the molecule is CCOC(=O)c1nnn(CCOCCO)c1C(C)C. The van der Waals surface area contributed by atoms with Gasteiger partial charge in [0, 0.05) is 0 Å². The highest BCUT2D eigenvalue weighted by Gasteiger charge is 2.22.